The molecule has 0 unspecified atom stereocenters. The number of nitro groups is 1. The predicted octanol–water partition coefficient (Wildman–Crippen LogP) is 1.64. The molecule has 0 radical (unpaired) electrons. The Kier molecular flexibility index (Phi) is 5.56. The number of non-ortho nitro benzene ring substituents is 1. The van der Waals surface area contributed by atoms with Crippen LogP contribution in [0, 0.1) is 10.1 Å². The molecule has 0 spiro atoms. The van der Waals surface area contributed by atoms with Gasteiger partial charge in [0.2, 0.25) is 0 Å². The molecule has 1 rings (SSSR count). The summed E-state index contributed by atoms with van der Waals surface area (Å²) < 4.78 is 14.5. The first-order chi connectivity index (χ1) is 10.2. The first-order valence-corrected chi connectivity index (χ1v) is 6.02. The number of hydrogen-bond acceptors (Lipinski definition) is 8. The van der Waals surface area contributed by atoms with Crippen LogP contribution in [0.25, 0.3) is 0 Å². The average Bonchev–Trinajstić information content (AvgIpc) is 2.36. The van der Waals surface area contributed by atoms with Gasteiger partial charge in [-0.1, -0.05) is 0 Å². The molecule has 0 amide bonds. The fraction of sp³-hybridized carbons (Fsp3) is 0.308. The van der Waals surface area contributed by atoms with Crippen molar-refractivity contribution in [1.29, 1.82) is 0 Å². The van der Waals surface area contributed by atoms with Crippen molar-refractivity contribution in [3.8, 4) is 5.75 Å². The summed E-state index contributed by atoms with van der Waals surface area (Å²) in [5.41, 5.74) is -0.481. The zero-order valence-electron chi connectivity index (χ0n) is 12.0. The van der Waals surface area contributed by atoms with E-state index in [2.05, 4.69) is 0 Å². The molecule has 0 aliphatic carbocycles. The summed E-state index contributed by atoms with van der Waals surface area (Å²) in [4.78, 5) is 43.4. The maximum absolute atomic E-state index is 11.1. The van der Waals surface area contributed by atoms with Crippen molar-refractivity contribution < 1.29 is 33.5 Å². The molecular formula is C13H13NO8. The molecule has 0 fully saturated rings. The predicted molar refractivity (Wildman–Crippen MR) is 70.7 cm³/mol. The highest BCUT2D eigenvalue weighted by atomic mass is 16.7. The average molecular weight is 311 g/mol. The van der Waals surface area contributed by atoms with E-state index in [9.17, 15) is 24.5 Å². The van der Waals surface area contributed by atoms with Crippen LogP contribution >= 0.6 is 0 Å². The lowest BCUT2D eigenvalue weighted by atomic mass is 10.1. The fourth-order valence-electron chi connectivity index (χ4n) is 1.53. The summed E-state index contributed by atoms with van der Waals surface area (Å²) >= 11 is 0. The third-order valence-electron chi connectivity index (χ3n) is 2.26. The lowest BCUT2D eigenvalue weighted by molar-refractivity contribution is -0.385. The quantitative estimate of drug-likeness (QED) is 0.264. The number of carbonyl (C=O) groups excluding carboxylic acids is 3. The van der Waals surface area contributed by atoms with Crippen LogP contribution < -0.4 is 4.74 Å². The summed E-state index contributed by atoms with van der Waals surface area (Å²) in [5.74, 6) is -2.39. The molecule has 0 heterocycles. The number of hydrogen-bond donors (Lipinski definition) is 0. The summed E-state index contributed by atoms with van der Waals surface area (Å²) in [6.45, 7) is 3.26. The maximum Gasteiger partial charge on any atom is 0.308 e. The summed E-state index contributed by atoms with van der Waals surface area (Å²) in [6, 6.07) is 3.24. The Morgan fingerprint density at radius 3 is 2.00 bits per heavy atom. The van der Waals surface area contributed by atoms with Gasteiger partial charge in [-0.3, -0.25) is 24.5 Å². The van der Waals surface area contributed by atoms with E-state index in [1.165, 1.54) is 0 Å². The summed E-state index contributed by atoms with van der Waals surface area (Å²) in [7, 11) is 0. The number of carbonyl (C=O) groups is 3. The van der Waals surface area contributed by atoms with Crippen molar-refractivity contribution in [3.63, 3.8) is 0 Å². The van der Waals surface area contributed by atoms with Gasteiger partial charge in [-0.2, -0.15) is 0 Å². The van der Waals surface area contributed by atoms with Gasteiger partial charge in [-0.25, -0.2) is 0 Å². The Hall–Kier alpha value is -2.97. The fourth-order valence-corrected chi connectivity index (χ4v) is 1.53. The van der Waals surface area contributed by atoms with Crippen LogP contribution in [0.3, 0.4) is 0 Å². The first kappa shape index (κ1) is 17.1. The highest BCUT2D eigenvalue weighted by molar-refractivity contribution is 5.71. The highest BCUT2D eigenvalue weighted by Crippen LogP contribution is 2.32. The van der Waals surface area contributed by atoms with Crippen molar-refractivity contribution in [2.75, 3.05) is 0 Å². The summed E-state index contributed by atoms with van der Waals surface area (Å²) in [6.07, 6.45) is -1.57. The lowest BCUT2D eigenvalue weighted by Gasteiger charge is -2.19. The molecule has 0 N–H and O–H groups in total. The van der Waals surface area contributed by atoms with Gasteiger partial charge in [0.05, 0.1) is 10.5 Å². The first-order valence-electron chi connectivity index (χ1n) is 6.02. The van der Waals surface area contributed by atoms with E-state index in [0.717, 1.165) is 39.0 Å². The van der Waals surface area contributed by atoms with E-state index in [-0.39, 0.29) is 17.0 Å². The monoisotopic (exact) mass is 311 g/mol. The van der Waals surface area contributed by atoms with E-state index in [1.54, 1.807) is 0 Å². The van der Waals surface area contributed by atoms with Gasteiger partial charge >= 0.3 is 17.9 Å². The maximum atomic E-state index is 11.1. The van der Waals surface area contributed by atoms with Gasteiger partial charge in [-0.15, -0.1) is 0 Å². The Labute approximate surface area is 124 Å². The van der Waals surface area contributed by atoms with Crippen LogP contribution in [0.5, 0.6) is 5.75 Å². The zero-order valence-corrected chi connectivity index (χ0v) is 12.0. The lowest BCUT2D eigenvalue weighted by Crippen LogP contribution is -2.17. The number of benzene rings is 1. The molecule has 0 aliphatic heterocycles. The molecule has 9 heteroatoms. The van der Waals surface area contributed by atoms with Crippen molar-refractivity contribution in [1.82, 2.24) is 0 Å². The number of nitro benzene ring substituents is 1. The van der Waals surface area contributed by atoms with Gasteiger partial charge in [-0.05, 0) is 6.07 Å². The van der Waals surface area contributed by atoms with Gasteiger partial charge in [0, 0.05) is 32.9 Å². The largest absolute Gasteiger partial charge is 0.426 e. The zero-order chi connectivity index (χ0) is 16.9. The molecule has 0 saturated carbocycles. The Bertz CT molecular complexity index is 608. The number of rotatable bonds is 5. The van der Waals surface area contributed by atoms with Gasteiger partial charge in [0.1, 0.15) is 5.75 Å². The summed E-state index contributed by atoms with van der Waals surface area (Å²) in [5, 5.41) is 10.8. The van der Waals surface area contributed by atoms with E-state index in [0.29, 0.717) is 0 Å². The SMILES string of the molecule is CC(=O)Oc1ccc([N+](=O)[O-])cc1C(OC(C)=O)OC(C)=O. The molecule has 0 atom stereocenters. The Morgan fingerprint density at radius 2 is 1.59 bits per heavy atom. The molecule has 1 aromatic rings. The minimum atomic E-state index is -1.57. The van der Waals surface area contributed by atoms with Crippen LogP contribution in [-0.2, 0) is 23.9 Å². The van der Waals surface area contributed by atoms with Crippen molar-refractivity contribution in [2.24, 2.45) is 0 Å². The smallest absolute Gasteiger partial charge is 0.308 e. The second kappa shape index (κ2) is 7.16. The number of esters is 3. The molecule has 9 nitrogen and oxygen atoms in total. The van der Waals surface area contributed by atoms with E-state index >= 15 is 0 Å². The minimum Gasteiger partial charge on any atom is -0.426 e. The molecule has 1 aromatic carbocycles. The minimum absolute atomic E-state index is 0.120. The molecule has 0 aliphatic rings. The van der Waals surface area contributed by atoms with E-state index < -0.39 is 29.1 Å². The molecule has 118 valence electrons. The Balaban J connectivity index is 3.36. The van der Waals surface area contributed by atoms with Crippen LogP contribution in [-0.4, -0.2) is 22.8 Å². The van der Waals surface area contributed by atoms with E-state index in [4.69, 9.17) is 14.2 Å². The highest BCUT2D eigenvalue weighted by Gasteiger charge is 2.26. The Morgan fingerprint density at radius 1 is 1.05 bits per heavy atom. The van der Waals surface area contributed by atoms with Crippen molar-refractivity contribution in [2.45, 2.75) is 27.1 Å². The van der Waals surface area contributed by atoms with Crippen molar-refractivity contribution >= 4 is 23.6 Å². The molecule has 0 saturated heterocycles. The van der Waals surface area contributed by atoms with Crippen LogP contribution in [0.15, 0.2) is 18.2 Å². The van der Waals surface area contributed by atoms with Gasteiger partial charge in [0.25, 0.3) is 12.0 Å². The van der Waals surface area contributed by atoms with Crippen LogP contribution in [0.2, 0.25) is 0 Å². The normalized spacial score (nSPS) is 10.0. The van der Waals surface area contributed by atoms with E-state index in [1.807, 2.05) is 0 Å². The third-order valence-corrected chi connectivity index (χ3v) is 2.26. The van der Waals surface area contributed by atoms with Crippen molar-refractivity contribution in [3.05, 3.63) is 33.9 Å². The van der Waals surface area contributed by atoms with Gasteiger partial charge < -0.3 is 14.2 Å². The molecule has 22 heavy (non-hydrogen) atoms. The van der Waals surface area contributed by atoms with Gasteiger partial charge in [0.15, 0.2) is 0 Å². The number of nitrogens with zero attached hydrogens (tertiary/aromatic N) is 1. The topological polar surface area (TPSA) is 122 Å². The molecular weight excluding hydrogens is 298 g/mol. The molecule has 0 bridgehead atoms. The molecule has 0 aromatic heterocycles. The third kappa shape index (κ3) is 4.85. The van der Waals surface area contributed by atoms with Crippen LogP contribution in [0.4, 0.5) is 5.69 Å². The second-order valence-electron chi connectivity index (χ2n) is 4.12. The number of ether oxygens (including phenoxy) is 3. The standard InChI is InChI=1S/C13H13NO8/c1-7(15)20-12-5-4-10(14(18)19)6-11(12)13(21-8(2)16)22-9(3)17/h4-6,13H,1-3H3. The van der Waals surface area contributed by atoms with Crippen LogP contribution in [0.1, 0.15) is 32.6 Å². The second-order valence-corrected chi connectivity index (χ2v) is 4.12.